The van der Waals surface area contributed by atoms with Gasteiger partial charge in [0.05, 0.1) is 13.7 Å². The van der Waals surface area contributed by atoms with Crippen molar-refractivity contribution in [3.63, 3.8) is 0 Å². The van der Waals surface area contributed by atoms with E-state index >= 15 is 0 Å². The van der Waals surface area contributed by atoms with Crippen LogP contribution in [0.2, 0.25) is 0 Å². The van der Waals surface area contributed by atoms with Gasteiger partial charge < -0.3 is 20.3 Å². The summed E-state index contributed by atoms with van der Waals surface area (Å²) in [5.41, 5.74) is 0.692. The molecular formula is C16H20N4O4. The Bertz CT molecular complexity index is 622. The number of rotatable bonds is 3. The molecule has 0 aliphatic carbocycles. The molecule has 0 bridgehead atoms. The Balaban J connectivity index is 1.53. The van der Waals surface area contributed by atoms with Gasteiger partial charge in [0.1, 0.15) is 5.75 Å². The number of nitrogens with one attached hydrogen (secondary N) is 2. The second-order valence-electron chi connectivity index (χ2n) is 5.80. The van der Waals surface area contributed by atoms with Crippen molar-refractivity contribution in [1.82, 2.24) is 15.1 Å². The fourth-order valence-electron chi connectivity index (χ4n) is 3.01. The van der Waals surface area contributed by atoms with Crippen LogP contribution in [-0.2, 0) is 4.79 Å². The number of piperidine rings is 1. The maximum Gasteiger partial charge on any atom is 0.324 e. The lowest BCUT2D eigenvalue weighted by Gasteiger charge is -2.35. The first-order valence-electron chi connectivity index (χ1n) is 7.88. The van der Waals surface area contributed by atoms with Crippen LogP contribution in [-0.4, -0.2) is 60.6 Å². The third kappa shape index (κ3) is 3.27. The summed E-state index contributed by atoms with van der Waals surface area (Å²) in [5.74, 6) is 0.531. The normalized spacial score (nSPS) is 18.5. The average molecular weight is 332 g/mol. The van der Waals surface area contributed by atoms with E-state index in [0.29, 0.717) is 31.6 Å². The fourth-order valence-corrected chi connectivity index (χ4v) is 3.01. The first-order chi connectivity index (χ1) is 11.6. The van der Waals surface area contributed by atoms with Gasteiger partial charge in [0, 0.05) is 24.8 Å². The zero-order valence-electron chi connectivity index (χ0n) is 13.4. The Morgan fingerprint density at radius 3 is 2.42 bits per heavy atom. The number of benzene rings is 1. The molecule has 3 rings (SSSR count). The Labute approximate surface area is 139 Å². The maximum absolute atomic E-state index is 12.3. The summed E-state index contributed by atoms with van der Waals surface area (Å²) in [4.78, 5) is 38.7. The van der Waals surface area contributed by atoms with Gasteiger partial charge in [0.25, 0.3) is 0 Å². The molecule has 2 aliphatic rings. The van der Waals surface area contributed by atoms with Gasteiger partial charge in [-0.2, -0.15) is 0 Å². The second kappa shape index (κ2) is 6.77. The molecule has 128 valence electrons. The highest BCUT2D eigenvalue weighted by molar-refractivity contribution is 6.02. The lowest BCUT2D eigenvalue weighted by molar-refractivity contribution is -0.127. The summed E-state index contributed by atoms with van der Waals surface area (Å²) in [6, 6.07) is 6.45. The fraction of sp³-hybridized carbons (Fsp3) is 0.438. The molecule has 2 heterocycles. The molecule has 0 spiro atoms. The number of imide groups is 1. The van der Waals surface area contributed by atoms with Crippen LogP contribution in [0.25, 0.3) is 0 Å². The van der Waals surface area contributed by atoms with Gasteiger partial charge in [-0.25, -0.2) is 9.59 Å². The standard InChI is InChI=1S/C16H20N4O4/c1-24-13-4-2-11(3-5-13)18-16(23)19-8-6-12(7-9-19)20-14(21)10-17-15(20)22/h2-5,12H,6-10H2,1H3,(H,17,22)(H,18,23). The largest absolute Gasteiger partial charge is 0.497 e. The van der Waals surface area contributed by atoms with Crippen LogP contribution in [0.1, 0.15) is 12.8 Å². The molecule has 2 aliphatic heterocycles. The molecule has 2 fully saturated rings. The van der Waals surface area contributed by atoms with E-state index in [9.17, 15) is 14.4 Å². The SMILES string of the molecule is COc1ccc(NC(=O)N2CCC(N3C(=O)CNC3=O)CC2)cc1. The van der Waals surface area contributed by atoms with Crippen molar-refractivity contribution in [3.8, 4) is 5.75 Å². The highest BCUT2D eigenvalue weighted by Crippen LogP contribution is 2.20. The van der Waals surface area contributed by atoms with Crippen molar-refractivity contribution in [2.45, 2.75) is 18.9 Å². The number of carbonyl (C=O) groups excluding carboxylic acids is 3. The number of carbonyl (C=O) groups is 3. The zero-order valence-corrected chi connectivity index (χ0v) is 13.4. The number of hydrogen-bond acceptors (Lipinski definition) is 4. The number of anilines is 1. The van der Waals surface area contributed by atoms with Crippen molar-refractivity contribution in [2.24, 2.45) is 0 Å². The van der Waals surface area contributed by atoms with Gasteiger partial charge >= 0.3 is 12.1 Å². The maximum atomic E-state index is 12.3. The molecule has 8 nitrogen and oxygen atoms in total. The third-order valence-corrected chi connectivity index (χ3v) is 4.34. The zero-order chi connectivity index (χ0) is 17.1. The smallest absolute Gasteiger partial charge is 0.324 e. The molecule has 5 amide bonds. The van der Waals surface area contributed by atoms with Crippen LogP contribution >= 0.6 is 0 Å². The number of amides is 5. The second-order valence-corrected chi connectivity index (χ2v) is 5.80. The lowest BCUT2D eigenvalue weighted by atomic mass is 10.0. The molecule has 1 aromatic rings. The van der Waals surface area contributed by atoms with Crippen LogP contribution in [0.3, 0.4) is 0 Å². The van der Waals surface area contributed by atoms with Gasteiger partial charge in [0.15, 0.2) is 0 Å². The summed E-state index contributed by atoms with van der Waals surface area (Å²) < 4.78 is 5.08. The van der Waals surface area contributed by atoms with Crippen molar-refractivity contribution in [3.05, 3.63) is 24.3 Å². The minimum Gasteiger partial charge on any atom is -0.497 e. The van der Waals surface area contributed by atoms with Gasteiger partial charge in [-0.3, -0.25) is 9.69 Å². The highest BCUT2D eigenvalue weighted by Gasteiger charge is 2.37. The average Bonchev–Trinajstić information content (AvgIpc) is 2.94. The molecule has 0 atom stereocenters. The van der Waals surface area contributed by atoms with Gasteiger partial charge in [0.2, 0.25) is 5.91 Å². The van der Waals surface area contributed by atoms with E-state index < -0.39 is 0 Å². The van der Waals surface area contributed by atoms with Crippen LogP contribution in [0, 0.1) is 0 Å². The molecule has 0 aromatic heterocycles. The topological polar surface area (TPSA) is 91.0 Å². The lowest BCUT2D eigenvalue weighted by Crippen LogP contribution is -2.49. The summed E-state index contributed by atoms with van der Waals surface area (Å²) in [6.45, 7) is 1.07. The Hall–Kier alpha value is -2.77. The third-order valence-electron chi connectivity index (χ3n) is 4.34. The summed E-state index contributed by atoms with van der Waals surface area (Å²) in [5, 5.41) is 5.36. The molecule has 1 aromatic carbocycles. The van der Waals surface area contributed by atoms with Crippen LogP contribution in [0.15, 0.2) is 24.3 Å². The minimum atomic E-state index is -0.332. The van der Waals surface area contributed by atoms with Crippen LogP contribution in [0.4, 0.5) is 15.3 Å². The number of nitrogens with zero attached hydrogens (tertiary/aromatic N) is 2. The van der Waals surface area contributed by atoms with E-state index in [-0.39, 0.29) is 30.6 Å². The number of urea groups is 2. The van der Waals surface area contributed by atoms with Crippen molar-refractivity contribution in [1.29, 1.82) is 0 Å². The summed E-state index contributed by atoms with van der Waals surface area (Å²) >= 11 is 0. The van der Waals surface area contributed by atoms with Crippen molar-refractivity contribution >= 4 is 23.7 Å². The number of hydrogen-bond donors (Lipinski definition) is 2. The molecular weight excluding hydrogens is 312 g/mol. The Kier molecular flexibility index (Phi) is 4.54. The predicted octanol–water partition coefficient (Wildman–Crippen LogP) is 1.24. The molecule has 0 radical (unpaired) electrons. The quantitative estimate of drug-likeness (QED) is 0.815. The van der Waals surface area contributed by atoms with E-state index in [1.165, 1.54) is 4.90 Å². The van der Waals surface area contributed by atoms with Gasteiger partial charge in [-0.1, -0.05) is 0 Å². The molecule has 2 N–H and O–H groups in total. The van der Waals surface area contributed by atoms with Gasteiger partial charge in [-0.05, 0) is 37.1 Å². The number of ether oxygens (including phenoxy) is 1. The molecule has 24 heavy (non-hydrogen) atoms. The van der Waals surface area contributed by atoms with E-state index in [1.54, 1.807) is 36.3 Å². The Morgan fingerprint density at radius 2 is 1.88 bits per heavy atom. The Morgan fingerprint density at radius 1 is 1.21 bits per heavy atom. The van der Waals surface area contributed by atoms with Crippen LogP contribution in [0.5, 0.6) is 5.75 Å². The summed E-state index contributed by atoms with van der Waals surface area (Å²) in [7, 11) is 1.59. The summed E-state index contributed by atoms with van der Waals surface area (Å²) in [6.07, 6.45) is 1.18. The predicted molar refractivity (Wildman–Crippen MR) is 86.9 cm³/mol. The van der Waals surface area contributed by atoms with E-state index in [0.717, 1.165) is 5.75 Å². The highest BCUT2D eigenvalue weighted by atomic mass is 16.5. The van der Waals surface area contributed by atoms with E-state index in [1.807, 2.05) is 0 Å². The number of methoxy groups -OCH3 is 1. The molecule has 2 saturated heterocycles. The van der Waals surface area contributed by atoms with E-state index in [4.69, 9.17) is 4.74 Å². The van der Waals surface area contributed by atoms with E-state index in [2.05, 4.69) is 10.6 Å². The monoisotopic (exact) mass is 332 g/mol. The minimum absolute atomic E-state index is 0.0665. The van der Waals surface area contributed by atoms with Crippen molar-refractivity contribution < 1.29 is 19.1 Å². The first kappa shape index (κ1) is 16.1. The van der Waals surface area contributed by atoms with Crippen molar-refractivity contribution in [2.75, 3.05) is 32.1 Å². The van der Waals surface area contributed by atoms with Crippen LogP contribution < -0.4 is 15.4 Å². The molecule has 0 saturated carbocycles. The molecule has 0 unspecified atom stereocenters. The number of likely N-dealkylation sites (tertiary alicyclic amines) is 1. The van der Waals surface area contributed by atoms with Gasteiger partial charge in [-0.15, -0.1) is 0 Å². The first-order valence-corrected chi connectivity index (χ1v) is 7.88. The molecule has 8 heteroatoms.